The van der Waals surface area contributed by atoms with Crippen molar-refractivity contribution in [2.24, 2.45) is 0 Å². The fraction of sp³-hybridized carbons (Fsp3) is 0.196. The molecule has 0 bridgehead atoms. The highest BCUT2D eigenvalue weighted by Gasteiger charge is 2.30. The van der Waals surface area contributed by atoms with Gasteiger partial charge < -0.3 is 45.8 Å². The number of hydrogen-bond donors (Lipinski definition) is 8. The normalized spacial score (nSPS) is 12.8. The molecule has 19 aromatic rings. The first-order valence-corrected chi connectivity index (χ1v) is 40.3. The number of pyridine rings is 4. The molecule has 0 aliphatic heterocycles. The Bertz CT molecular complexity index is 7560. The Hall–Kier alpha value is -15.5. The summed E-state index contributed by atoms with van der Waals surface area (Å²) < 4.78 is 65.5. The van der Waals surface area contributed by atoms with Crippen molar-refractivity contribution in [1.29, 1.82) is 0 Å². The van der Waals surface area contributed by atoms with E-state index in [2.05, 4.69) is 120 Å². The van der Waals surface area contributed by atoms with Crippen molar-refractivity contribution >= 4 is 111 Å². The van der Waals surface area contributed by atoms with Gasteiger partial charge in [-0.2, -0.15) is 0 Å². The molecule has 0 spiro atoms. The maximum absolute atomic E-state index is 14.9. The third kappa shape index (κ3) is 15.2. The summed E-state index contributed by atoms with van der Waals surface area (Å²) in [4.78, 5) is 117. The summed E-state index contributed by atoms with van der Waals surface area (Å²) in [6, 6.07) is 43.0. The van der Waals surface area contributed by atoms with Crippen molar-refractivity contribution < 1.29 is 17.6 Å². The lowest BCUT2D eigenvalue weighted by Crippen LogP contribution is -2.33. The predicted octanol–water partition coefficient (Wildman–Crippen LogP) is 17.3. The van der Waals surface area contributed by atoms with Gasteiger partial charge in [0.2, 0.25) is 0 Å². The maximum atomic E-state index is 14.9. The molecule has 0 amide bonds. The number of anilines is 4. The quantitative estimate of drug-likeness (QED) is 0.0393. The van der Waals surface area contributed by atoms with Gasteiger partial charge in [-0.1, -0.05) is 110 Å². The van der Waals surface area contributed by atoms with Crippen LogP contribution >= 0.6 is 0 Å². The molecule has 1 fully saturated rings. The molecule has 124 heavy (non-hydrogen) atoms. The van der Waals surface area contributed by atoms with E-state index >= 15 is 0 Å². The van der Waals surface area contributed by atoms with Crippen LogP contribution in [0.2, 0.25) is 0 Å². The summed E-state index contributed by atoms with van der Waals surface area (Å²) in [5.41, 5.74) is 12.2. The molecule has 7 aromatic carbocycles. The lowest BCUT2D eigenvalue weighted by molar-refractivity contribution is 0.298. The first-order chi connectivity index (χ1) is 60.1. The summed E-state index contributed by atoms with van der Waals surface area (Å²) >= 11 is 0. The van der Waals surface area contributed by atoms with Crippen molar-refractivity contribution in [1.82, 2.24) is 98.0 Å². The number of halogens is 4. The molecule has 12 heterocycles. The lowest BCUT2D eigenvalue weighted by atomic mass is 9.91. The van der Waals surface area contributed by atoms with E-state index in [1.807, 2.05) is 117 Å². The van der Waals surface area contributed by atoms with Gasteiger partial charge in [-0.25, -0.2) is 77.4 Å². The van der Waals surface area contributed by atoms with Gasteiger partial charge >= 0.3 is 0 Å². The molecule has 12 aromatic heterocycles. The van der Waals surface area contributed by atoms with Gasteiger partial charge in [0.25, 0.3) is 22.2 Å². The van der Waals surface area contributed by atoms with E-state index in [0.717, 1.165) is 129 Å². The molecule has 0 saturated heterocycles. The molecule has 1 saturated carbocycles. The van der Waals surface area contributed by atoms with Crippen LogP contribution in [0.4, 0.5) is 40.8 Å². The number of rotatable bonds is 17. The average molecular weight is 1660 g/mol. The van der Waals surface area contributed by atoms with Crippen LogP contribution < -0.4 is 43.5 Å². The van der Waals surface area contributed by atoms with Gasteiger partial charge in [-0.3, -0.25) is 32.9 Å². The summed E-state index contributed by atoms with van der Waals surface area (Å²) in [5.74, 6) is -1.03. The summed E-state index contributed by atoms with van der Waals surface area (Å²) in [5, 5.41) is 19.0. The van der Waals surface area contributed by atoms with Crippen LogP contribution in [0.1, 0.15) is 127 Å². The first-order valence-electron chi connectivity index (χ1n) is 40.3. The van der Waals surface area contributed by atoms with Gasteiger partial charge in [0, 0.05) is 28.8 Å². The highest BCUT2D eigenvalue weighted by molar-refractivity contribution is 5.91. The van der Waals surface area contributed by atoms with Gasteiger partial charge in [0.1, 0.15) is 82.0 Å². The minimum atomic E-state index is -0.827. The SMILES string of the molecule is CCC(Nc1ncnc2nc[nH]c12)c1cc2cccc(C)c2c(=O)n1-c1c(F)cccc1F.Cc1cccc(C)c1-n1c(CNc2ncnc3nc[nH]c23)cc2cccc(C)c2c1=O.Cc1cccc2cc(C(C)Nc3ncnc4nc[nH]c34)n(-c3c(F)cccc3F)c(=O)c12.Cc1cccc2cc(C(C)Nc3ncnc4nc[nH]c34)n(C3CCC3)c(=O)c12. The van der Waals surface area contributed by atoms with Crippen LogP contribution in [0.15, 0.2) is 221 Å². The predicted molar refractivity (Wildman–Crippen MR) is 473 cm³/mol. The van der Waals surface area contributed by atoms with Crippen LogP contribution in [0, 0.1) is 64.8 Å². The molecule has 3 unspecified atom stereocenters. The molecule has 32 heteroatoms. The first kappa shape index (κ1) is 80.9. The molecule has 1 aliphatic rings. The number of fused-ring (bicyclic) bond motifs is 8. The second-order valence-electron chi connectivity index (χ2n) is 30.5. The van der Waals surface area contributed by atoms with Crippen molar-refractivity contribution in [3.8, 4) is 17.1 Å². The summed E-state index contributed by atoms with van der Waals surface area (Å²) in [6.45, 7) is 17.8. The minimum absolute atomic E-state index is 0.0147. The molecule has 0 radical (unpaired) electrons. The number of nitrogens with zero attached hydrogens (tertiary/aromatic N) is 16. The maximum Gasteiger partial charge on any atom is 0.263 e. The third-order valence-electron chi connectivity index (χ3n) is 22.6. The smallest absolute Gasteiger partial charge is 0.263 e. The molecule has 8 N–H and O–H groups in total. The number of aryl methyl sites for hydroxylation is 6. The molecule has 622 valence electrons. The number of aromatic amines is 4. The van der Waals surface area contributed by atoms with Crippen LogP contribution in [0.3, 0.4) is 0 Å². The monoisotopic (exact) mass is 1660 g/mol. The van der Waals surface area contributed by atoms with E-state index in [1.54, 1.807) is 63.8 Å². The molecular formula is C92H82F4N24O4. The third-order valence-corrected chi connectivity index (χ3v) is 22.6. The fourth-order valence-electron chi connectivity index (χ4n) is 16.4. The van der Waals surface area contributed by atoms with E-state index in [9.17, 15) is 36.7 Å². The topological polar surface area (TPSA) is 354 Å². The summed E-state index contributed by atoms with van der Waals surface area (Å²) in [7, 11) is 0. The standard InChI is InChI=1S/C24H20F2N6O.C24H22N6O.C23H18F2N6O.C21H22N6O/c1-3-17(31-23-20-22(28-11-27-20)29-12-30-23)18-10-14-7-4-6-13(2)19(14)24(33)32(18)21-15(25)8-5-9-16(21)26;1-14-6-5-9-17-10-18(11-25-22-20-23(27-12-26-20)29-13-28-22)30(24(31)19(14)17)21-15(2)7-4-8-16(21)3;1-12-5-3-6-14-9-17(13(2)30-22-19-21(27-10-26-19)28-11-29-22)31(23(32)18(12)14)20-15(24)7-4-8-16(20)25;1-12-5-3-6-14-9-16(27(15-7-4-8-15)21(28)17(12)14)13(2)26-20-18-19(23-10-22-18)24-11-25-20/h4-12,17H,3H2,1-2H3,(H2,27,28,29,30,31);4-10,12-13H,11H2,1-3H3,(H2,25,26,27,28,29);3-11,13H,1-2H3,(H2,26,27,28,29,30);3,5-6,9-11,13,15H,4,7-8H2,1-2H3,(H2,22,23,24,25,26). The highest BCUT2D eigenvalue weighted by Crippen LogP contribution is 2.37. The van der Waals surface area contributed by atoms with Gasteiger partial charge in [0.05, 0.1) is 77.2 Å². The number of imidazole rings is 4. The molecule has 28 nitrogen and oxygen atoms in total. The van der Waals surface area contributed by atoms with E-state index in [4.69, 9.17) is 0 Å². The fourth-order valence-corrected chi connectivity index (χ4v) is 16.4. The molecule has 20 rings (SSSR count). The van der Waals surface area contributed by atoms with E-state index in [-0.39, 0.29) is 23.2 Å². The Morgan fingerprint density at radius 2 is 0.718 bits per heavy atom. The van der Waals surface area contributed by atoms with Gasteiger partial charge in [0.15, 0.2) is 45.9 Å². The van der Waals surface area contributed by atoms with Crippen LogP contribution in [0.5, 0.6) is 0 Å². The molecular weight excluding hydrogens is 1580 g/mol. The number of H-pyrrole nitrogens is 4. The minimum Gasteiger partial charge on any atom is -0.363 e. The van der Waals surface area contributed by atoms with E-state index in [1.165, 1.54) is 56.5 Å². The molecule has 1 aliphatic carbocycles. The summed E-state index contributed by atoms with van der Waals surface area (Å²) in [6.07, 6.45) is 15.7. The van der Waals surface area contributed by atoms with Gasteiger partial charge in [-0.15, -0.1) is 0 Å². The Morgan fingerprint density at radius 1 is 0.379 bits per heavy atom. The van der Waals surface area contributed by atoms with Crippen molar-refractivity contribution in [3.63, 3.8) is 0 Å². The zero-order valence-corrected chi connectivity index (χ0v) is 68.7. The number of hydrogen-bond acceptors (Lipinski definition) is 20. The van der Waals surface area contributed by atoms with Crippen LogP contribution in [0.25, 0.3) is 105 Å². The van der Waals surface area contributed by atoms with Crippen molar-refractivity contribution in [2.75, 3.05) is 21.3 Å². The van der Waals surface area contributed by atoms with E-state index in [0.29, 0.717) is 103 Å². The highest BCUT2D eigenvalue weighted by atomic mass is 19.1. The number of aromatic nitrogens is 20. The number of para-hydroxylation sites is 3. The largest absolute Gasteiger partial charge is 0.363 e. The van der Waals surface area contributed by atoms with Crippen LogP contribution in [-0.2, 0) is 6.54 Å². The Balaban J connectivity index is 0.000000117. The molecule has 3 atom stereocenters. The zero-order valence-electron chi connectivity index (χ0n) is 68.7. The van der Waals surface area contributed by atoms with E-state index < -0.39 is 57.8 Å². The average Bonchev–Trinajstić information content (AvgIpc) is 0.982. The van der Waals surface area contributed by atoms with Crippen LogP contribution in [-0.4, -0.2) is 98.0 Å². The second kappa shape index (κ2) is 34.0. The van der Waals surface area contributed by atoms with Gasteiger partial charge in [-0.05, 0) is 185 Å². The number of benzene rings is 7. The number of nitrogens with one attached hydrogen (secondary N) is 8. The Labute approximate surface area is 703 Å². The van der Waals surface area contributed by atoms with Crippen molar-refractivity contribution in [3.05, 3.63) is 323 Å². The second-order valence-corrected chi connectivity index (χ2v) is 30.5. The van der Waals surface area contributed by atoms with Crippen molar-refractivity contribution in [2.45, 2.75) is 119 Å². The lowest BCUT2D eigenvalue weighted by Gasteiger charge is -2.32. The Morgan fingerprint density at radius 3 is 1.14 bits per heavy atom. The zero-order chi connectivity index (χ0) is 86.3. The Kier molecular flexibility index (Phi) is 22.2.